The molecule has 0 aromatic carbocycles. The summed E-state index contributed by atoms with van der Waals surface area (Å²) in [7, 11) is 0. The van der Waals surface area contributed by atoms with E-state index in [1.807, 2.05) is 13.0 Å². The van der Waals surface area contributed by atoms with E-state index >= 15 is 0 Å². The monoisotopic (exact) mass is 475 g/mol. The van der Waals surface area contributed by atoms with Gasteiger partial charge in [-0.15, -0.1) is 24.0 Å². The van der Waals surface area contributed by atoms with Gasteiger partial charge in [0.15, 0.2) is 11.8 Å². The second kappa shape index (κ2) is 10.5. The molecule has 0 aliphatic carbocycles. The number of aromatic nitrogens is 3. The molecule has 144 valence electrons. The van der Waals surface area contributed by atoms with Crippen molar-refractivity contribution >= 4 is 29.9 Å². The van der Waals surface area contributed by atoms with Crippen LogP contribution in [-0.4, -0.2) is 70.3 Å². The summed E-state index contributed by atoms with van der Waals surface area (Å²) < 4.78 is 10.0. The molecule has 1 fully saturated rings. The van der Waals surface area contributed by atoms with Gasteiger partial charge in [0.2, 0.25) is 5.89 Å². The number of piperazine rings is 1. The van der Waals surface area contributed by atoms with Crippen molar-refractivity contribution in [3.8, 4) is 0 Å². The SMILES string of the molecule is CCNC(=NCCc1nc(C)no1)N1CCN(Cc2ccon2)CC1.I. The Morgan fingerprint density at radius 1 is 1.27 bits per heavy atom. The molecule has 0 saturated carbocycles. The van der Waals surface area contributed by atoms with Crippen LogP contribution in [0.5, 0.6) is 0 Å². The zero-order valence-corrected chi connectivity index (χ0v) is 17.5. The molecule has 1 aliphatic rings. The van der Waals surface area contributed by atoms with Gasteiger partial charge in [0.05, 0.1) is 12.2 Å². The fraction of sp³-hybridized carbons (Fsp3) is 0.625. The molecular formula is C16H26IN7O2. The first-order valence-electron chi connectivity index (χ1n) is 8.68. The maximum atomic E-state index is 5.13. The number of aliphatic imine (C=N–C) groups is 1. The smallest absolute Gasteiger partial charge is 0.228 e. The normalized spacial score (nSPS) is 15.8. The topological polar surface area (TPSA) is 95.8 Å². The molecule has 1 aliphatic heterocycles. The van der Waals surface area contributed by atoms with Crippen LogP contribution in [0.15, 0.2) is 26.4 Å². The third-order valence-electron chi connectivity index (χ3n) is 4.04. The Balaban J connectivity index is 0.00000243. The van der Waals surface area contributed by atoms with Gasteiger partial charge in [-0.2, -0.15) is 4.98 Å². The summed E-state index contributed by atoms with van der Waals surface area (Å²) in [4.78, 5) is 13.6. The van der Waals surface area contributed by atoms with Gasteiger partial charge in [-0.25, -0.2) is 0 Å². The largest absolute Gasteiger partial charge is 0.364 e. The fourth-order valence-electron chi connectivity index (χ4n) is 2.79. The average Bonchev–Trinajstić information content (AvgIpc) is 3.27. The quantitative estimate of drug-likeness (QED) is 0.380. The molecule has 26 heavy (non-hydrogen) atoms. The Kier molecular flexibility index (Phi) is 8.29. The first-order chi connectivity index (χ1) is 12.2. The van der Waals surface area contributed by atoms with Crippen LogP contribution in [0, 0.1) is 6.92 Å². The molecule has 0 amide bonds. The van der Waals surface area contributed by atoms with Gasteiger partial charge in [0, 0.05) is 51.8 Å². The van der Waals surface area contributed by atoms with Gasteiger partial charge in [0.1, 0.15) is 6.26 Å². The molecule has 2 aromatic rings. The summed E-state index contributed by atoms with van der Waals surface area (Å²) in [6.45, 7) is 10.0. The van der Waals surface area contributed by atoms with E-state index in [0.29, 0.717) is 24.7 Å². The molecule has 10 heteroatoms. The van der Waals surface area contributed by atoms with Crippen molar-refractivity contribution in [3.63, 3.8) is 0 Å². The van der Waals surface area contributed by atoms with Gasteiger partial charge < -0.3 is 19.3 Å². The number of nitrogens with one attached hydrogen (secondary N) is 1. The van der Waals surface area contributed by atoms with Crippen molar-refractivity contribution < 1.29 is 9.05 Å². The van der Waals surface area contributed by atoms with Crippen LogP contribution in [0.4, 0.5) is 0 Å². The summed E-state index contributed by atoms with van der Waals surface area (Å²) >= 11 is 0. The van der Waals surface area contributed by atoms with Crippen LogP contribution in [0.2, 0.25) is 0 Å². The Labute approximate surface area is 170 Å². The van der Waals surface area contributed by atoms with Gasteiger partial charge in [0.25, 0.3) is 0 Å². The van der Waals surface area contributed by atoms with Gasteiger partial charge >= 0.3 is 0 Å². The zero-order valence-electron chi connectivity index (χ0n) is 15.2. The number of rotatable bonds is 6. The van der Waals surface area contributed by atoms with Crippen molar-refractivity contribution in [1.29, 1.82) is 0 Å². The molecular weight excluding hydrogens is 449 g/mol. The lowest BCUT2D eigenvalue weighted by molar-refractivity contribution is 0.169. The Morgan fingerprint density at radius 3 is 2.69 bits per heavy atom. The predicted molar refractivity (Wildman–Crippen MR) is 107 cm³/mol. The lowest BCUT2D eigenvalue weighted by Gasteiger charge is -2.36. The van der Waals surface area contributed by atoms with Crippen LogP contribution in [0.3, 0.4) is 0 Å². The number of halogens is 1. The number of nitrogens with zero attached hydrogens (tertiary/aromatic N) is 6. The molecule has 9 nitrogen and oxygen atoms in total. The fourth-order valence-corrected chi connectivity index (χ4v) is 2.79. The second-order valence-corrected chi connectivity index (χ2v) is 5.97. The molecule has 0 radical (unpaired) electrons. The van der Waals surface area contributed by atoms with E-state index in [-0.39, 0.29) is 24.0 Å². The second-order valence-electron chi connectivity index (χ2n) is 5.97. The summed E-state index contributed by atoms with van der Waals surface area (Å²) in [6, 6.07) is 1.91. The van der Waals surface area contributed by atoms with E-state index in [1.54, 1.807) is 6.26 Å². The minimum Gasteiger partial charge on any atom is -0.364 e. The summed E-state index contributed by atoms with van der Waals surface area (Å²) in [5.41, 5.74) is 0.976. The molecule has 0 atom stereocenters. The maximum Gasteiger partial charge on any atom is 0.228 e. The lowest BCUT2D eigenvalue weighted by atomic mass is 10.3. The molecule has 0 spiro atoms. The molecule has 1 N–H and O–H groups in total. The number of hydrogen-bond acceptors (Lipinski definition) is 7. The highest BCUT2D eigenvalue weighted by molar-refractivity contribution is 14.0. The molecule has 0 unspecified atom stereocenters. The highest BCUT2D eigenvalue weighted by Gasteiger charge is 2.20. The molecule has 1 saturated heterocycles. The highest BCUT2D eigenvalue weighted by Crippen LogP contribution is 2.07. The van der Waals surface area contributed by atoms with Crippen LogP contribution in [-0.2, 0) is 13.0 Å². The van der Waals surface area contributed by atoms with E-state index in [2.05, 4.69) is 37.3 Å². The van der Waals surface area contributed by atoms with Crippen molar-refractivity contribution in [2.75, 3.05) is 39.3 Å². The maximum absolute atomic E-state index is 5.13. The van der Waals surface area contributed by atoms with Crippen molar-refractivity contribution in [2.24, 2.45) is 4.99 Å². The number of guanidine groups is 1. The van der Waals surface area contributed by atoms with E-state index < -0.39 is 0 Å². The van der Waals surface area contributed by atoms with E-state index in [0.717, 1.165) is 50.9 Å². The number of aryl methyl sites for hydroxylation is 1. The zero-order chi connectivity index (χ0) is 17.5. The van der Waals surface area contributed by atoms with E-state index in [4.69, 9.17) is 14.0 Å². The molecule has 0 bridgehead atoms. The van der Waals surface area contributed by atoms with E-state index in [1.165, 1.54) is 0 Å². The molecule has 2 aromatic heterocycles. The van der Waals surface area contributed by atoms with Crippen LogP contribution in [0.25, 0.3) is 0 Å². The van der Waals surface area contributed by atoms with Crippen LogP contribution < -0.4 is 5.32 Å². The Hall–Kier alpha value is -1.69. The minimum absolute atomic E-state index is 0. The first kappa shape index (κ1) is 20.6. The average molecular weight is 475 g/mol. The summed E-state index contributed by atoms with van der Waals surface area (Å²) in [6.07, 6.45) is 2.27. The van der Waals surface area contributed by atoms with Crippen molar-refractivity contribution in [3.05, 3.63) is 29.7 Å². The minimum atomic E-state index is 0. The van der Waals surface area contributed by atoms with Crippen LogP contribution in [0.1, 0.15) is 24.3 Å². The standard InChI is InChI=1S/C16H25N7O2.HI/c1-3-17-16(18-6-4-15-19-13(2)20-25-15)23-9-7-22(8-10-23)12-14-5-11-24-21-14;/h5,11H,3-4,6-10,12H2,1-2H3,(H,17,18);1H. The third-order valence-corrected chi connectivity index (χ3v) is 4.04. The van der Waals surface area contributed by atoms with Crippen molar-refractivity contribution in [2.45, 2.75) is 26.8 Å². The molecule has 3 heterocycles. The van der Waals surface area contributed by atoms with Crippen molar-refractivity contribution in [1.82, 2.24) is 30.4 Å². The van der Waals surface area contributed by atoms with Gasteiger partial charge in [-0.1, -0.05) is 10.3 Å². The first-order valence-corrected chi connectivity index (χ1v) is 8.68. The Bertz CT molecular complexity index is 666. The van der Waals surface area contributed by atoms with Gasteiger partial charge in [-0.3, -0.25) is 9.89 Å². The highest BCUT2D eigenvalue weighted by atomic mass is 127. The third kappa shape index (κ3) is 5.94. The van der Waals surface area contributed by atoms with Crippen LogP contribution >= 0.6 is 24.0 Å². The Morgan fingerprint density at radius 2 is 2.08 bits per heavy atom. The summed E-state index contributed by atoms with van der Waals surface area (Å²) in [5.74, 6) is 2.24. The predicted octanol–water partition coefficient (Wildman–Crippen LogP) is 1.31. The molecule has 3 rings (SSSR count). The van der Waals surface area contributed by atoms with Gasteiger partial charge in [-0.05, 0) is 13.8 Å². The lowest BCUT2D eigenvalue weighted by Crippen LogP contribution is -2.52. The number of hydrogen-bond donors (Lipinski definition) is 1. The van der Waals surface area contributed by atoms with E-state index in [9.17, 15) is 0 Å². The summed E-state index contributed by atoms with van der Waals surface area (Å²) in [5, 5.41) is 11.1.